The predicted octanol–water partition coefficient (Wildman–Crippen LogP) is 3.05. The third-order valence-corrected chi connectivity index (χ3v) is 6.38. The van der Waals surface area contributed by atoms with Crippen LogP contribution in [0, 0.1) is 5.92 Å². The lowest BCUT2D eigenvalue weighted by Crippen LogP contribution is -2.45. The van der Waals surface area contributed by atoms with Crippen molar-refractivity contribution >= 4 is 14.2 Å². The minimum atomic E-state index is -1.20. The molecule has 0 aromatic heterocycles. The zero-order valence-corrected chi connectivity index (χ0v) is 16.4. The Balaban J connectivity index is 2.27. The summed E-state index contributed by atoms with van der Waals surface area (Å²) < 4.78 is 5.28. The first-order valence-electron chi connectivity index (χ1n) is 9.00. The summed E-state index contributed by atoms with van der Waals surface area (Å²) in [6.07, 6.45) is 6.09. The van der Waals surface area contributed by atoms with E-state index in [2.05, 4.69) is 19.6 Å². The highest BCUT2D eigenvalue weighted by molar-refractivity contribution is 6.76. The Morgan fingerprint density at radius 1 is 1.30 bits per heavy atom. The maximum absolute atomic E-state index is 11.9. The van der Waals surface area contributed by atoms with E-state index in [1.54, 1.807) is 7.05 Å². The van der Waals surface area contributed by atoms with E-state index in [0.29, 0.717) is 12.5 Å². The van der Waals surface area contributed by atoms with Gasteiger partial charge in [0.1, 0.15) is 0 Å². The molecule has 136 valence electrons. The SMILES string of the molecule is CN(C[C@@H](O)[C@@H](N)CC1CCCCC1)C(=O)OCC[Si](C)(C)C. The van der Waals surface area contributed by atoms with Crippen molar-refractivity contribution in [1.29, 1.82) is 0 Å². The van der Waals surface area contributed by atoms with Gasteiger partial charge in [0.2, 0.25) is 0 Å². The molecular formula is C17H36N2O3Si. The molecule has 0 aromatic rings. The molecule has 0 unspecified atom stereocenters. The standard InChI is InChI=1S/C17H36N2O3Si/c1-19(17(21)22-10-11-23(2,3)4)13-16(20)15(18)12-14-8-6-5-7-9-14/h14-16,20H,5-13,18H2,1-4H3/t15-,16+/m0/s1. The fourth-order valence-corrected chi connectivity index (χ4v) is 3.72. The first kappa shape index (κ1) is 20.5. The average Bonchev–Trinajstić information content (AvgIpc) is 2.46. The lowest BCUT2D eigenvalue weighted by Gasteiger charge is -2.29. The fraction of sp³-hybridized carbons (Fsp3) is 0.941. The number of carbonyl (C=O) groups excluding carboxylic acids is 1. The first-order chi connectivity index (χ1) is 10.7. The minimum absolute atomic E-state index is 0.236. The number of aliphatic hydroxyl groups is 1. The van der Waals surface area contributed by atoms with Crippen LogP contribution in [0.1, 0.15) is 38.5 Å². The molecule has 1 saturated carbocycles. The minimum Gasteiger partial charge on any atom is -0.450 e. The number of amides is 1. The van der Waals surface area contributed by atoms with Crippen molar-refractivity contribution in [2.24, 2.45) is 11.7 Å². The number of carbonyl (C=O) groups is 1. The number of likely N-dealkylation sites (N-methyl/N-ethyl adjacent to an activating group) is 1. The molecule has 23 heavy (non-hydrogen) atoms. The Morgan fingerprint density at radius 3 is 2.48 bits per heavy atom. The number of ether oxygens (including phenoxy) is 1. The molecule has 1 aliphatic rings. The Bertz CT molecular complexity index is 354. The molecule has 0 radical (unpaired) electrons. The number of rotatable bonds is 8. The van der Waals surface area contributed by atoms with Gasteiger partial charge in [-0.15, -0.1) is 0 Å². The largest absolute Gasteiger partial charge is 0.450 e. The Labute approximate surface area is 142 Å². The molecule has 0 saturated heterocycles. The molecule has 3 N–H and O–H groups in total. The van der Waals surface area contributed by atoms with Crippen molar-refractivity contribution in [2.75, 3.05) is 20.2 Å². The van der Waals surface area contributed by atoms with E-state index in [4.69, 9.17) is 10.5 Å². The second-order valence-corrected chi connectivity index (χ2v) is 13.9. The molecule has 1 fully saturated rings. The van der Waals surface area contributed by atoms with Crippen LogP contribution in [-0.2, 0) is 4.74 Å². The van der Waals surface area contributed by atoms with Crippen LogP contribution in [0.15, 0.2) is 0 Å². The molecule has 0 heterocycles. The molecule has 2 atom stereocenters. The number of aliphatic hydroxyl groups excluding tert-OH is 1. The summed E-state index contributed by atoms with van der Waals surface area (Å²) in [5.74, 6) is 0.627. The Kier molecular flexibility index (Phi) is 8.57. The number of nitrogens with zero attached hydrogens (tertiary/aromatic N) is 1. The van der Waals surface area contributed by atoms with Gasteiger partial charge in [-0.2, -0.15) is 0 Å². The summed E-state index contributed by atoms with van der Waals surface area (Å²) in [6, 6.07) is 0.686. The van der Waals surface area contributed by atoms with E-state index < -0.39 is 14.2 Å². The van der Waals surface area contributed by atoms with Gasteiger partial charge in [0.15, 0.2) is 0 Å². The van der Waals surface area contributed by atoms with Crippen LogP contribution in [0.4, 0.5) is 4.79 Å². The van der Waals surface area contributed by atoms with E-state index in [0.717, 1.165) is 12.5 Å². The normalized spacial score (nSPS) is 19.2. The lowest BCUT2D eigenvalue weighted by atomic mass is 9.84. The van der Waals surface area contributed by atoms with E-state index in [-0.39, 0.29) is 18.7 Å². The van der Waals surface area contributed by atoms with Crippen molar-refractivity contribution < 1.29 is 14.6 Å². The van der Waals surface area contributed by atoms with Crippen molar-refractivity contribution in [1.82, 2.24) is 4.90 Å². The molecule has 1 rings (SSSR count). The van der Waals surface area contributed by atoms with E-state index >= 15 is 0 Å². The summed E-state index contributed by atoms with van der Waals surface area (Å²) in [6.45, 7) is 7.44. The third-order valence-electron chi connectivity index (χ3n) is 4.67. The second kappa shape index (κ2) is 9.64. The predicted molar refractivity (Wildman–Crippen MR) is 97.3 cm³/mol. The molecule has 0 aliphatic heterocycles. The molecular weight excluding hydrogens is 308 g/mol. The van der Waals surface area contributed by atoms with Gasteiger partial charge < -0.3 is 20.5 Å². The van der Waals surface area contributed by atoms with Crippen LogP contribution >= 0.6 is 0 Å². The lowest BCUT2D eigenvalue weighted by molar-refractivity contribution is 0.0701. The van der Waals surface area contributed by atoms with Crippen molar-refractivity contribution in [3.8, 4) is 0 Å². The summed E-state index contributed by atoms with van der Waals surface area (Å²) in [5.41, 5.74) is 6.13. The molecule has 1 amide bonds. The maximum atomic E-state index is 11.9. The highest BCUT2D eigenvalue weighted by Crippen LogP contribution is 2.27. The number of nitrogens with two attached hydrogens (primary N) is 1. The van der Waals surface area contributed by atoms with Gasteiger partial charge in [0.05, 0.1) is 19.3 Å². The van der Waals surface area contributed by atoms with Crippen LogP contribution in [0.2, 0.25) is 25.7 Å². The molecule has 0 aromatic carbocycles. The Morgan fingerprint density at radius 2 is 1.91 bits per heavy atom. The van der Waals surface area contributed by atoms with Crippen LogP contribution in [0.3, 0.4) is 0 Å². The van der Waals surface area contributed by atoms with Crippen molar-refractivity contribution in [3.05, 3.63) is 0 Å². The monoisotopic (exact) mass is 344 g/mol. The van der Waals surface area contributed by atoms with Crippen LogP contribution in [-0.4, -0.2) is 56.5 Å². The van der Waals surface area contributed by atoms with Gasteiger partial charge >= 0.3 is 6.09 Å². The van der Waals surface area contributed by atoms with Crippen molar-refractivity contribution in [2.45, 2.75) is 76.4 Å². The van der Waals surface area contributed by atoms with E-state index in [1.165, 1.54) is 37.0 Å². The molecule has 0 spiro atoms. The maximum Gasteiger partial charge on any atom is 0.409 e. The average molecular weight is 345 g/mol. The van der Waals surface area contributed by atoms with Crippen LogP contribution in [0.25, 0.3) is 0 Å². The molecule has 6 heteroatoms. The zero-order valence-electron chi connectivity index (χ0n) is 15.4. The summed E-state index contributed by atoms with van der Waals surface area (Å²) in [7, 11) is 0.461. The van der Waals surface area contributed by atoms with Gasteiger partial charge in [0, 0.05) is 21.2 Å². The summed E-state index contributed by atoms with van der Waals surface area (Å²) in [5, 5.41) is 10.3. The fourth-order valence-electron chi connectivity index (χ4n) is 3.01. The van der Waals surface area contributed by atoms with E-state index in [1.807, 2.05) is 0 Å². The third kappa shape index (κ3) is 8.72. The first-order valence-corrected chi connectivity index (χ1v) is 12.7. The van der Waals surface area contributed by atoms with Gasteiger partial charge in [-0.1, -0.05) is 51.7 Å². The van der Waals surface area contributed by atoms with Crippen LogP contribution in [0.5, 0.6) is 0 Å². The van der Waals surface area contributed by atoms with Gasteiger partial charge in [-0.3, -0.25) is 0 Å². The Hall–Kier alpha value is -0.593. The zero-order chi connectivity index (χ0) is 17.5. The molecule has 1 aliphatic carbocycles. The smallest absolute Gasteiger partial charge is 0.409 e. The highest BCUT2D eigenvalue weighted by atomic mass is 28.3. The van der Waals surface area contributed by atoms with Gasteiger partial charge in [-0.25, -0.2) is 4.79 Å². The van der Waals surface area contributed by atoms with Gasteiger partial charge in [0.25, 0.3) is 0 Å². The quantitative estimate of drug-likeness (QED) is 0.664. The van der Waals surface area contributed by atoms with E-state index in [9.17, 15) is 9.90 Å². The summed E-state index contributed by atoms with van der Waals surface area (Å²) >= 11 is 0. The molecule has 5 nitrogen and oxygen atoms in total. The molecule has 0 bridgehead atoms. The highest BCUT2D eigenvalue weighted by Gasteiger charge is 2.24. The number of hydrogen-bond acceptors (Lipinski definition) is 4. The summed E-state index contributed by atoms with van der Waals surface area (Å²) in [4.78, 5) is 13.4. The topological polar surface area (TPSA) is 75.8 Å². The van der Waals surface area contributed by atoms with Crippen LogP contribution < -0.4 is 5.73 Å². The van der Waals surface area contributed by atoms with Gasteiger partial charge in [-0.05, 0) is 18.4 Å². The number of hydrogen-bond donors (Lipinski definition) is 2. The van der Waals surface area contributed by atoms with Crippen molar-refractivity contribution in [3.63, 3.8) is 0 Å². The second-order valence-electron chi connectivity index (χ2n) is 8.28.